The summed E-state index contributed by atoms with van der Waals surface area (Å²) in [6.45, 7) is 4.09. The molecule has 0 aromatic rings. The van der Waals surface area contributed by atoms with Crippen LogP contribution >= 0.6 is 0 Å². The van der Waals surface area contributed by atoms with Crippen LogP contribution in [0.4, 0.5) is 0 Å². The van der Waals surface area contributed by atoms with Crippen LogP contribution in [0.15, 0.2) is 0 Å². The van der Waals surface area contributed by atoms with Crippen molar-refractivity contribution in [3.8, 4) is 0 Å². The second kappa shape index (κ2) is 14.8. The van der Waals surface area contributed by atoms with E-state index in [4.69, 9.17) is 20.4 Å². The maximum Gasteiger partial charge on any atom is 0.151 e. The molecule has 0 amide bonds. The van der Waals surface area contributed by atoms with Gasteiger partial charge in [0.1, 0.15) is 0 Å². The molecule has 0 bridgehead atoms. The quantitative estimate of drug-likeness (QED) is 0.379. The van der Waals surface area contributed by atoms with Gasteiger partial charge in [-0.1, -0.05) is 19.8 Å². The zero-order valence-electron chi connectivity index (χ0n) is 10.6. The van der Waals surface area contributed by atoms with Crippen molar-refractivity contribution < 1.29 is 20.4 Å². The molecule has 1 unspecified atom stereocenters. The first-order valence-electron chi connectivity index (χ1n) is 6.19. The first-order valence-corrected chi connectivity index (χ1v) is 6.19. The average Bonchev–Trinajstić information content (AvgIpc) is 2.18. The topological polar surface area (TPSA) is 80.9 Å². The lowest BCUT2D eigenvalue weighted by Gasteiger charge is -1.99. The third-order valence-electron chi connectivity index (χ3n) is 2.10. The van der Waals surface area contributed by atoms with E-state index in [9.17, 15) is 0 Å². The standard InChI is InChI=1S/2C6H14O2/c1-6(8)4-2-3-5-7;1-2-3-4-5-6(7)8/h2*6-8H,2-5H2,1H3. The van der Waals surface area contributed by atoms with Gasteiger partial charge < -0.3 is 20.4 Å². The number of hydrogen-bond acceptors (Lipinski definition) is 4. The molecule has 4 heteroatoms. The van der Waals surface area contributed by atoms with Gasteiger partial charge in [0.05, 0.1) is 6.10 Å². The van der Waals surface area contributed by atoms with Crippen LogP contribution < -0.4 is 0 Å². The van der Waals surface area contributed by atoms with E-state index < -0.39 is 6.29 Å². The van der Waals surface area contributed by atoms with Crippen molar-refractivity contribution in [1.82, 2.24) is 0 Å². The molecule has 16 heavy (non-hydrogen) atoms. The Labute approximate surface area is 98.9 Å². The van der Waals surface area contributed by atoms with Crippen LogP contribution in [0.5, 0.6) is 0 Å². The average molecular weight is 236 g/mol. The van der Waals surface area contributed by atoms with Crippen LogP contribution in [0.1, 0.15) is 58.8 Å². The zero-order valence-corrected chi connectivity index (χ0v) is 10.6. The Morgan fingerprint density at radius 1 is 0.875 bits per heavy atom. The molecule has 0 rings (SSSR count). The van der Waals surface area contributed by atoms with Crippen molar-refractivity contribution in [3.05, 3.63) is 0 Å². The van der Waals surface area contributed by atoms with E-state index in [1.165, 1.54) is 0 Å². The van der Waals surface area contributed by atoms with Crippen LogP contribution in [0.2, 0.25) is 0 Å². The molecule has 100 valence electrons. The molecule has 0 saturated heterocycles. The molecule has 0 fully saturated rings. The molecular weight excluding hydrogens is 208 g/mol. The molecule has 0 aliphatic rings. The fourth-order valence-electron chi connectivity index (χ4n) is 1.13. The SMILES string of the molecule is CC(O)CCCCO.CCCCCC(O)O. The molecule has 4 nitrogen and oxygen atoms in total. The van der Waals surface area contributed by atoms with Gasteiger partial charge in [0, 0.05) is 6.61 Å². The van der Waals surface area contributed by atoms with Crippen molar-refractivity contribution in [1.29, 1.82) is 0 Å². The van der Waals surface area contributed by atoms with Crippen LogP contribution in [0.3, 0.4) is 0 Å². The molecule has 0 radical (unpaired) electrons. The molecule has 4 N–H and O–H groups in total. The summed E-state index contributed by atoms with van der Waals surface area (Å²) >= 11 is 0. The van der Waals surface area contributed by atoms with Crippen molar-refractivity contribution >= 4 is 0 Å². The number of hydrogen-bond donors (Lipinski definition) is 4. The Bertz CT molecular complexity index is 102. The van der Waals surface area contributed by atoms with Crippen LogP contribution in [-0.4, -0.2) is 39.4 Å². The minimum Gasteiger partial charge on any atom is -0.396 e. The predicted octanol–water partition coefficient (Wildman–Crippen LogP) is 1.41. The third kappa shape index (κ3) is 23.6. The van der Waals surface area contributed by atoms with Crippen molar-refractivity contribution in [2.24, 2.45) is 0 Å². The Morgan fingerprint density at radius 3 is 1.81 bits per heavy atom. The van der Waals surface area contributed by atoms with Gasteiger partial charge in [0.15, 0.2) is 6.29 Å². The molecule has 0 heterocycles. The van der Waals surface area contributed by atoms with E-state index >= 15 is 0 Å². The highest BCUT2D eigenvalue weighted by molar-refractivity contribution is 4.46. The van der Waals surface area contributed by atoms with Gasteiger partial charge in [0.2, 0.25) is 0 Å². The second-order valence-corrected chi connectivity index (χ2v) is 4.04. The van der Waals surface area contributed by atoms with E-state index in [1.54, 1.807) is 6.92 Å². The number of aliphatic hydroxyl groups is 4. The van der Waals surface area contributed by atoms with Gasteiger partial charge in [-0.3, -0.25) is 0 Å². The number of aliphatic hydroxyl groups excluding tert-OH is 3. The summed E-state index contributed by atoms with van der Waals surface area (Å²) in [5, 5.41) is 33.7. The lowest BCUT2D eigenvalue weighted by molar-refractivity contribution is -0.0465. The van der Waals surface area contributed by atoms with Gasteiger partial charge in [-0.2, -0.15) is 0 Å². The minimum atomic E-state index is -1.10. The smallest absolute Gasteiger partial charge is 0.151 e. The molecule has 0 aromatic carbocycles. The van der Waals surface area contributed by atoms with Gasteiger partial charge in [-0.15, -0.1) is 0 Å². The summed E-state index contributed by atoms with van der Waals surface area (Å²) in [5.41, 5.74) is 0. The highest BCUT2D eigenvalue weighted by Gasteiger charge is 1.93. The summed E-state index contributed by atoms with van der Waals surface area (Å²) in [6.07, 6.45) is 4.91. The molecule has 0 spiro atoms. The summed E-state index contributed by atoms with van der Waals surface area (Å²) in [7, 11) is 0. The van der Waals surface area contributed by atoms with Crippen molar-refractivity contribution in [3.63, 3.8) is 0 Å². The predicted molar refractivity (Wildman–Crippen MR) is 65.0 cm³/mol. The van der Waals surface area contributed by atoms with Crippen molar-refractivity contribution in [2.45, 2.75) is 71.2 Å². The maximum atomic E-state index is 8.70. The fraction of sp³-hybridized carbons (Fsp3) is 1.00. The van der Waals surface area contributed by atoms with Crippen LogP contribution in [-0.2, 0) is 0 Å². The van der Waals surface area contributed by atoms with Crippen molar-refractivity contribution in [2.75, 3.05) is 6.61 Å². The van der Waals surface area contributed by atoms with E-state index in [0.717, 1.165) is 38.5 Å². The first-order chi connectivity index (χ1) is 7.54. The molecule has 0 aliphatic carbocycles. The molecule has 0 aliphatic heterocycles. The summed E-state index contributed by atoms with van der Waals surface area (Å²) in [4.78, 5) is 0. The number of rotatable bonds is 8. The first kappa shape index (κ1) is 18.2. The second-order valence-electron chi connectivity index (χ2n) is 4.04. The normalized spacial score (nSPS) is 12.2. The van der Waals surface area contributed by atoms with Crippen LogP contribution in [0, 0.1) is 0 Å². The maximum absolute atomic E-state index is 8.70. The minimum absolute atomic E-state index is 0.207. The summed E-state index contributed by atoms with van der Waals surface area (Å²) in [6, 6.07) is 0. The highest BCUT2D eigenvalue weighted by atomic mass is 16.5. The van der Waals surface area contributed by atoms with E-state index in [2.05, 4.69) is 6.92 Å². The molecule has 1 atom stereocenters. The van der Waals surface area contributed by atoms with E-state index in [-0.39, 0.29) is 12.7 Å². The van der Waals surface area contributed by atoms with Crippen LogP contribution in [0.25, 0.3) is 0 Å². The molecular formula is C12H28O4. The fourth-order valence-corrected chi connectivity index (χ4v) is 1.13. The Balaban J connectivity index is 0. The van der Waals surface area contributed by atoms with Gasteiger partial charge in [-0.05, 0) is 39.0 Å². The largest absolute Gasteiger partial charge is 0.396 e. The zero-order chi connectivity index (χ0) is 12.8. The van der Waals surface area contributed by atoms with Gasteiger partial charge in [-0.25, -0.2) is 0 Å². The third-order valence-corrected chi connectivity index (χ3v) is 2.10. The van der Waals surface area contributed by atoms with E-state index in [1.807, 2.05) is 0 Å². The molecule has 0 saturated carbocycles. The van der Waals surface area contributed by atoms with E-state index in [0.29, 0.717) is 6.42 Å². The lowest BCUT2D eigenvalue weighted by Crippen LogP contribution is -2.02. The summed E-state index contributed by atoms with van der Waals surface area (Å²) < 4.78 is 0. The summed E-state index contributed by atoms with van der Waals surface area (Å²) in [5.74, 6) is 0. The lowest BCUT2D eigenvalue weighted by atomic mass is 10.2. The monoisotopic (exact) mass is 236 g/mol. The Hall–Kier alpha value is -0.160. The highest BCUT2D eigenvalue weighted by Crippen LogP contribution is 2.00. The molecule has 0 aromatic heterocycles. The Morgan fingerprint density at radius 2 is 1.44 bits per heavy atom. The Kier molecular flexibility index (Phi) is 16.9. The van der Waals surface area contributed by atoms with Gasteiger partial charge in [0.25, 0.3) is 0 Å². The number of unbranched alkanes of at least 4 members (excludes halogenated alkanes) is 3. The van der Waals surface area contributed by atoms with Gasteiger partial charge >= 0.3 is 0 Å².